The highest BCUT2D eigenvalue weighted by molar-refractivity contribution is 5.81. The summed E-state index contributed by atoms with van der Waals surface area (Å²) in [5, 5.41) is 0. The predicted octanol–water partition coefficient (Wildman–Crippen LogP) is 4.06. The van der Waals surface area contributed by atoms with Crippen molar-refractivity contribution in [2.75, 3.05) is 19.8 Å². The van der Waals surface area contributed by atoms with Crippen molar-refractivity contribution in [1.82, 2.24) is 4.90 Å². The fourth-order valence-electron chi connectivity index (χ4n) is 5.11. The van der Waals surface area contributed by atoms with Crippen molar-refractivity contribution >= 4 is 12.1 Å². The fraction of sp³-hybridized carbons (Fsp3) is 0.565. The third-order valence-corrected chi connectivity index (χ3v) is 5.97. The smallest absolute Gasteiger partial charge is 0.410 e. The van der Waals surface area contributed by atoms with Gasteiger partial charge in [0, 0.05) is 24.1 Å². The molecule has 6 nitrogen and oxygen atoms in total. The van der Waals surface area contributed by atoms with Gasteiger partial charge in [0.05, 0.1) is 0 Å². The van der Waals surface area contributed by atoms with Crippen LogP contribution in [-0.4, -0.2) is 48.9 Å². The Labute approximate surface area is 172 Å². The molecule has 3 rings (SSSR count). The largest absolute Gasteiger partial charge is 0.490 e. The van der Waals surface area contributed by atoms with Crippen molar-refractivity contribution in [3.63, 3.8) is 0 Å². The first-order valence-electron chi connectivity index (χ1n) is 10.3. The number of para-hydroxylation sites is 1. The molecule has 2 fully saturated rings. The number of rotatable bonds is 7. The van der Waals surface area contributed by atoms with Crippen LogP contribution >= 0.6 is 0 Å². The van der Waals surface area contributed by atoms with Crippen LogP contribution in [0.2, 0.25) is 0 Å². The molecule has 6 heteroatoms. The number of benzene rings is 1. The van der Waals surface area contributed by atoms with Gasteiger partial charge in [-0.15, -0.1) is 0 Å². The molecule has 0 spiro atoms. The molecule has 1 aromatic carbocycles. The maximum Gasteiger partial charge on any atom is 0.410 e. The average molecular weight is 402 g/mol. The van der Waals surface area contributed by atoms with E-state index in [0.717, 1.165) is 18.9 Å². The fourth-order valence-corrected chi connectivity index (χ4v) is 5.11. The zero-order valence-corrected chi connectivity index (χ0v) is 17.5. The lowest BCUT2D eigenvalue weighted by molar-refractivity contribution is -0.144. The molecule has 2 aliphatic rings. The standard InChI is InChI=1S/C23H31NO5/c1-5-20(25)28-14-19(13-27-18-9-7-6-8-10-18)29-22(26)24-15-23(4)12-16(2)11-17(3)21(23)24/h5-10,16-17,19,21H,1,11-15H2,2-4H3. The Morgan fingerprint density at radius 1 is 1.28 bits per heavy atom. The highest BCUT2D eigenvalue weighted by Crippen LogP contribution is 2.52. The van der Waals surface area contributed by atoms with E-state index in [4.69, 9.17) is 14.2 Å². The first-order valence-corrected chi connectivity index (χ1v) is 10.3. The van der Waals surface area contributed by atoms with E-state index in [0.29, 0.717) is 24.1 Å². The molecule has 5 atom stereocenters. The van der Waals surface area contributed by atoms with Gasteiger partial charge in [0.15, 0.2) is 6.10 Å². The minimum atomic E-state index is -0.698. The summed E-state index contributed by atoms with van der Waals surface area (Å²) in [6.07, 6.45) is 2.26. The number of esters is 1. The van der Waals surface area contributed by atoms with E-state index < -0.39 is 12.1 Å². The molecule has 1 amide bonds. The van der Waals surface area contributed by atoms with Crippen molar-refractivity contribution in [1.29, 1.82) is 0 Å². The lowest BCUT2D eigenvalue weighted by Gasteiger charge is -2.61. The van der Waals surface area contributed by atoms with Crippen LogP contribution in [0, 0.1) is 17.3 Å². The highest BCUT2D eigenvalue weighted by Gasteiger charge is 2.56. The van der Waals surface area contributed by atoms with Gasteiger partial charge in [-0.1, -0.05) is 45.5 Å². The number of ether oxygens (including phenoxy) is 3. The average Bonchev–Trinajstić information content (AvgIpc) is 2.67. The lowest BCUT2D eigenvalue weighted by atomic mass is 9.58. The Hall–Kier alpha value is -2.50. The third kappa shape index (κ3) is 4.92. The summed E-state index contributed by atoms with van der Waals surface area (Å²) >= 11 is 0. The molecule has 1 aliphatic heterocycles. The van der Waals surface area contributed by atoms with E-state index in [1.165, 1.54) is 0 Å². The molecule has 0 bridgehead atoms. The van der Waals surface area contributed by atoms with Gasteiger partial charge in [-0.05, 0) is 36.8 Å². The highest BCUT2D eigenvalue weighted by atomic mass is 16.6. The Bertz CT molecular complexity index is 736. The van der Waals surface area contributed by atoms with E-state index in [2.05, 4.69) is 27.4 Å². The summed E-state index contributed by atoms with van der Waals surface area (Å²) in [6, 6.07) is 9.45. The van der Waals surface area contributed by atoms with E-state index in [1.807, 2.05) is 35.2 Å². The molecule has 1 heterocycles. The molecule has 1 aliphatic carbocycles. The van der Waals surface area contributed by atoms with Crippen LogP contribution in [-0.2, 0) is 14.3 Å². The summed E-state index contributed by atoms with van der Waals surface area (Å²) in [6.45, 7) is 10.9. The van der Waals surface area contributed by atoms with Gasteiger partial charge < -0.3 is 19.1 Å². The Balaban J connectivity index is 1.61. The van der Waals surface area contributed by atoms with Gasteiger partial charge >= 0.3 is 12.1 Å². The molecule has 1 saturated carbocycles. The first-order chi connectivity index (χ1) is 13.8. The Morgan fingerprint density at radius 2 is 2.00 bits per heavy atom. The van der Waals surface area contributed by atoms with Gasteiger partial charge in [-0.3, -0.25) is 0 Å². The Kier molecular flexibility index (Phi) is 6.50. The summed E-state index contributed by atoms with van der Waals surface area (Å²) in [5.74, 6) is 1.21. The molecular formula is C23H31NO5. The quantitative estimate of drug-likeness (QED) is 0.509. The van der Waals surface area contributed by atoms with Crippen LogP contribution in [0.1, 0.15) is 33.6 Å². The number of likely N-dealkylation sites (tertiary alicyclic amines) is 1. The molecule has 1 aromatic rings. The van der Waals surface area contributed by atoms with Gasteiger partial charge in [-0.2, -0.15) is 0 Å². The minimum absolute atomic E-state index is 0.0776. The summed E-state index contributed by atoms with van der Waals surface area (Å²) < 4.78 is 16.5. The second-order valence-corrected chi connectivity index (χ2v) is 8.71. The maximum absolute atomic E-state index is 12.9. The normalized spacial score (nSPS) is 29.1. The summed E-state index contributed by atoms with van der Waals surface area (Å²) in [7, 11) is 0. The van der Waals surface area contributed by atoms with Crippen molar-refractivity contribution in [3.8, 4) is 5.75 Å². The van der Waals surface area contributed by atoms with Gasteiger partial charge in [0.2, 0.25) is 0 Å². The molecular weight excluding hydrogens is 370 g/mol. The van der Waals surface area contributed by atoms with E-state index in [9.17, 15) is 9.59 Å². The Morgan fingerprint density at radius 3 is 2.66 bits per heavy atom. The second kappa shape index (κ2) is 8.89. The number of nitrogens with zero attached hydrogens (tertiary/aromatic N) is 1. The van der Waals surface area contributed by atoms with Crippen LogP contribution in [0.4, 0.5) is 4.79 Å². The van der Waals surface area contributed by atoms with Crippen molar-refractivity contribution < 1.29 is 23.8 Å². The van der Waals surface area contributed by atoms with Crippen LogP contribution in [0.5, 0.6) is 5.75 Å². The van der Waals surface area contributed by atoms with Crippen molar-refractivity contribution in [2.24, 2.45) is 17.3 Å². The van der Waals surface area contributed by atoms with Crippen LogP contribution in [0.25, 0.3) is 0 Å². The maximum atomic E-state index is 12.9. The molecule has 158 valence electrons. The summed E-state index contributed by atoms with van der Waals surface area (Å²) in [4.78, 5) is 26.1. The number of carbonyl (C=O) groups excluding carboxylic acids is 2. The number of hydrogen-bond donors (Lipinski definition) is 0. The predicted molar refractivity (Wildman–Crippen MR) is 110 cm³/mol. The number of amides is 1. The van der Waals surface area contributed by atoms with E-state index >= 15 is 0 Å². The molecule has 0 N–H and O–H groups in total. The molecule has 0 aromatic heterocycles. The van der Waals surface area contributed by atoms with Crippen LogP contribution in [0.15, 0.2) is 43.0 Å². The zero-order chi connectivity index (χ0) is 21.0. The van der Waals surface area contributed by atoms with Crippen LogP contribution < -0.4 is 4.74 Å². The number of hydrogen-bond acceptors (Lipinski definition) is 5. The summed E-state index contributed by atoms with van der Waals surface area (Å²) in [5.41, 5.74) is 0.154. The van der Waals surface area contributed by atoms with Gasteiger partial charge in [0.1, 0.15) is 19.0 Å². The van der Waals surface area contributed by atoms with E-state index in [1.54, 1.807) is 0 Å². The first kappa shape index (κ1) is 21.2. The van der Waals surface area contributed by atoms with Gasteiger partial charge in [0.25, 0.3) is 0 Å². The monoisotopic (exact) mass is 401 g/mol. The molecule has 0 radical (unpaired) electrons. The SMILES string of the molecule is C=CC(=O)OCC(COc1ccccc1)OC(=O)N1CC2(C)CC(C)CC(C)C12. The zero-order valence-electron chi connectivity index (χ0n) is 17.5. The van der Waals surface area contributed by atoms with Crippen molar-refractivity contribution in [3.05, 3.63) is 43.0 Å². The number of carbonyl (C=O) groups is 2. The molecule has 5 unspecified atom stereocenters. The number of fused-ring (bicyclic) bond motifs is 1. The minimum Gasteiger partial charge on any atom is -0.490 e. The van der Waals surface area contributed by atoms with Crippen molar-refractivity contribution in [2.45, 2.75) is 45.8 Å². The molecule has 1 saturated heterocycles. The van der Waals surface area contributed by atoms with Gasteiger partial charge in [-0.25, -0.2) is 9.59 Å². The second-order valence-electron chi connectivity index (χ2n) is 8.71. The van der Waals surface area contributed by atoms with E-state index in [-0.39, 0.29) is 30.8 Å². The van der Waals surface area contributed by atoms with Crippen LogP contribution in [0.3, 0.4) is 0 Å². The lowest BCUT2D eigenvalue weighted by Crippen LogP contribution is -2.69. The topological polar surface area (TPSA) is 65.1 Å². The molecule has 29 heavy (non-hydrogen) atoms. The third-order valence-electron chi connectivity index (χ3n) is 5.97.